The van der Waals surface area contributed by atoms with Crippen LogP contribution >= 0.6 is 11.6 Å². The molecule has 0 saturated carbocycles. The van der Waals surface area contributed by atoms with Crippen LogP contribution in [0.2, 0.25) is 5.02 Å². The Kier molecular flexibility index (Phi) is 4.17. The topological polar surface area (TPSA) is 57.7 Å². The lowest BCUT2D eigenvalue weighted by Crippen LogP contribution is -2.51. The minimum atomic E-state index is 0.00438. The molecule has 0 aliphatic carbocycles. The van der Waals surface area contributed by atoms with Crippen LogP contribution in [0.25, 0.3) is 0 Å². The number of nitrogens with one attached hydrogen (secondary N) is 1. The molecule has 1 N–H and O–H groups in total. The Morgan fingerprint density at radius 1 is 1.57 bits per heavy atom. The first-order valence-electron chi connectivity index (χ1n) is 7.11. The zero-order valence-corrected chi connectivity index (χ0v) is 12.7. The van der Waals surface area contributed by atoms with E-state index in [4.69, 9.17) is 16.3 Å². The van der Waals surface area contributed by atoms with Crippen LogP contribution in [0, 0.1) is 0 Å². The largest absolute Gasteiger partial charge is 0.383 e. The monoisotopic (exact) mass is 310 g/mol. The third-order valence-corrected chi connectivity index (χ3v) is 4.47. The number of nitrogens with zero attached hydrogens (tertiary/aromatic N) is 3. The lowest BCUT2D eigenvalue weighted by molar-refractivity contribution is 0.140. The standard InChI is InChI=1S/C14H19ClN4O2/c1-21-7-6-19-13-3-5-18(9-11(13)17-14(19)20)12-2-4-16-8-10(12)15/h2,4,8,11,13H,3,5-7,9H2,1H3,(H,17,20)/t11-,13+/m1/s1. The van der Waals surface area contributed by atoms with Crippen LogP contribution < -0.4 is 10.2 Å². The summed E-state index contributed by atoms with van der Waals surface area (Å²) in [5.41, 5.74) is 0.981. The first-order chi connectivity index (χ1) is 10.2. The SMILES string of the molecule is COCCN1C(=O)N[C@@H]2CN(c3ccncc3Cl)CC[C@@H]21. The van der Waals surface area contributed by atoms with Gasteiger partial charge in [0.2, 0.25) is 0 Å². The summed E-state index contributed by atoms with van der Waals surface area (Å²) in [6, 6.07) is 2.30. The molecule has 0 spiro atoms. The number of amides is 2. The van der Waals surface area contributed by atoms with Crippen molar-refractivity contribution in [3.63, 3.8) is 0 Å². The Labute approximate surface area is 129 Å². The number of piperidine rings is 1. The number of rotatable bonds is 4. The van der Waals surface area contributed by atoms with Gasteiger partial charge in [0.05, 0.1) is 29.4 Å². The normalized spacial score (nSPS) is 25.0. The molecule has 1 aromatic heterocycles. The first-order valence-corrected chi connectivity index (χ1v) is 7.49. The number of aromatic nitrogens is 1. The van der Waals surface area contributed by atoms with E-state index in [0.717, 1.165) is 25.2 Å². The number of carbonyl (C=O) groups excluding carboxylic acids is 1. The second kappa shape index (κ2) is 6.07. The maximum Gasteiger partial charge on any atom is 0.318 e. The van der Waals surface area contributed by atoms with Gasteiger partial charge in [-0.2, -0.15) is 0 Å². The van der Waals surface area contributed by atoms with E-state index < -0.39 is 0 Å². The molecule has 6 nitrogen and oxygen atoms in total. The van der Waals surface area contributed by atoms with Crippen molar-refractivity contribution < 1.29 is 9.53 Å². The Morgan fingerprint density at radius 3 is 3.19 bits per heavy atom. The van der Waals surface area contributed by atoms with Crippen molar-refractivity contribution in [2.75, 3.05) is 38.3 Å². The molecule has 21 heavy (non-hydrogen) atoms. The van der Waals surface area contributed by atoms with Crippen molar-refractivity contribution >= 4 is 23.3 Å². The lowest BCUT2D eigenvalue weighted by atomic mass is 9.99. The molecule has 3 heterocycles. The molecule has 2 aliphatic heterocycles. The van der Waals surface area contributed by atoms with Crippen LogP contribution in [0.4, 0.5) is 10.5 Å². The van der Waals surface area contributed by atoms with Gasteiger partial charge in [0.25, 0.3) is 0 Å². The lowest BCUT2D eigenvalue weighted by Gasteiger charge is -2.38. The summed E-state index contributed by atoms with van der Waals surface area (Å²) in [5.74, 6) is 0. The fourth-order valence-corrected chi connectivity index (χ4v) is 3.39. The van der Waals surface area contributed by atoms with Gasteiger partial charge in [-0.05, 0) is 12.5 Å². The number of anilines is 1. The zero-order valence-electron chi connectivity index (χ0n) is 12.0. The third kappa shape index (κ3) is 2.78. The van der Waals surface area contributed by atoms with Gasteiger partial charge in [-0.25, -0.2) is 4.79 Å². The van der Waals surface area contributed by atoms with Crippen LogP contribution in [0.1, 0.15) is 6.42 Å². The maximum atomic E-state index is 12.1. The number of carbonyl (C=O) groups is 1. The van der Waals surface area contributed by atoms with Crippen molar-refractivity contribution in [2.24, 2.45) is 0 Å². The summed E-state index contributed by atoms with van der Waals surface area (Å²) in [5, 5.41) is 3.71. The van der Waals surface area contributed by atoms with E-state index in [1.807, 2.05) is 11.0 Å². The average Bonchev–Trinajstić information content (AvgIpc) is 2.80. The highest BCUT2D eigenvalue weighted by atomic mass is 35.5. The number of fused-ring (bicyclic) bond motifs is 1. The second-order valence-electron chi connectivity index (χ2n) is 5.37. The molecule has 114 valence electrons. The smallest absolute Gasteiger partial charge is 0.318 e. The molecule has 2 amide bonds. The van der Waals surface area contributed by atoms with Gasteiger partial charge in [-0.15, -0.1) is 0 Å². The highest BCUT2D eigenvalue weighted by molar-refractivity contribution is 6.33. The molecule has 0 radical (unpaired) electrons. The first kappa shape index (κ1) is 14.4. The summed E-state index contributed by atoms with van der Waals surface area (Å²) in [6.45, 7) is 2.85. The molecular formula is C14H19ClN4O2. The number of halogens is 1. The van der Waals surface area contributed by atoms with Gasteiger partial charge in [0.1, 0.15) is 0 Å². The summed E-state index contributed by atoms with van der Waals surface area (Å²) in [4.78, 5) is 20.2. The molecule has 0 unspecified atom stereocenters. The van der Waals surface area contributed by atoms with E-state index in [-0.39, 0.29) is 18.1 Å². The van der Waals surface area contributed by atoms with Gasteiger partial charge < -0.3 is 19.9 Å². The van der Waals surface area contributed by atoms with Crippen LogP contribution in [0.15, 0.2) is 18.5 Å². The highest BCUT2D eigenvalue weighted by Gasteiger charge is 2.42. The van der Waals surface area contributed by atoms with E-state index in [0.29, 0.717) is 18.2 Å². The van der Waals surface area contributed by atoms with Gasteiger partial charge >= 0.3 is 6.03 Å². The number of ether oxygens (including phenoxy) is 1. The number of hydrogen-bond donors (Lipinski definition) is 1. The highest BCUT2D eigenvalue weighted by Crippen LogP contribution is 2.30. The Morgan fingerprint density at radius 2 is 2.43 bits per heavy atom. The quantitative estimate of drug-likeness (QED) is 0.912. The Bertz CT molecular complexity index is 527. The number of hydrogen-bond acceptors (Lipinski definition) is 4. The number of urea groups is 1. The fourth-order valence-electron chi connectivity index (χ4n) is 3.15. The van der Waals surface area contributed by atoms with Crippen LogP contribution in [-0.2, 0) is 4.74 Å². The molecule has 2 atom stereocenters. The molecule has 0 aromatic carbocycles. The van der Waals surface area contributed by atoms with Gasteiger partial charge in [-0.1, -0.05) is 11.6 Å². The van der Waals surface area contributed by atoms with Gasteiger partial charge in [0, 0.05) is 39.1 Å². The predicted octanol–water partition coefficient (Wildman–Crippen LogP) is 1.35. The predicted molar refractivity (Wildman–Crippen MR) is 80.8 cm³/mol. The molecule has 2 fully saturated rings. The Hall–Kier alpha value is -1.53. The zero-order chi connectivity index (χ0) is 14.8. The van der Waals surface area contributed by atoms with Crippen molar-refractivity contribution in [3.05, 3.63) is 23.5 Å². The minimum absolute atomic E-state index is 0.00438. The van der Waals surface area contributed by atoms with Crippen molar-refractivity contribution in [2.45, 2.75) is 18.5 Å². The molecule has 3 rings (SSSR count). The summed E-state index contributed by atoms with van der Waals surface area (Å²) in [7, 11) is 1.65. The molecule has 0 bridgehead atoms. The van der Waals surface area contributed by atoms with Crippen LogP contribution in [0.3, 0.4) is 0 Å². The van der Waals surface area contributed by atoms with E-state index in [9.17, 15) is 4.79 Å². The molecule has 2 saturated heterocycles. The fraction of sp³-hybridized carbons (Fsp3) is 0.571. The van der Waals surface area contributed by atoms with Crippen molar-refractivity contribution in [3.8, 4) is 0 Å². The third-order valence-electron chi connectivity index (χ3n) is 4.17. The Balaban J connectivity index is 1.70. The second-order valence-corrected chi connectivity index (χ2v) is 5.78. The van der Waals surface area contributed by atoms with Gasteiger partial charge in [-0.3, -0.25) is 4.98 Å². The van der Waals surface area contributed by atoms with E-state index in [1.54, 1.807) is 19.5 Å². The maximum absolute atomic E-state index is 12.1. The molecule has 2 aliphatic rings. The van der Waals surface area contributed by atoms with E-state index in [2.05, 4.69) is 15.2 Å². The summed E-state index contributed by atoms with van der Waals surface area (Å²) < 4.78 is 5.08. The minimum Gasteiger partial charge on any atom is -0.383 e. The molecule has 1 aromatic rings. The summed E-state index contributed by atoms with van der Waals surface area (Å²) >= 11 is 6.21. The van der Waals surface area contributed by atoms with Crippen molar-refractivity contribution in [1.29, 1.82) is 0 Å². The summed E-state index contributed by atoms with van der Waals surface area (Å²) in [6.07, 6.45) is 4.32. The number of methoxy groups -OCH3 is 1. The van der Waals surface area contributed by atoms with Crippen LogP contribution in [-0.4, -0.2) is 61.3 Å². The van der Waals surface area contributed by atoms with Crippen molar-refractivity contribution in [1.82, 2.24) is 15.2 Å². The van der Waals surface area contributed by atoms with Gasteiger partial charge in [0.15, 0.2) is 0 Å². The average molecular weight is 311 g/mol. The number of pyridine rings is 1. The van der Waals surface area contributed by atoms with Crippen LogP contribution in [0.5, 0.6) is 0 Å². The molecular weight excluding hydrogens is 292 g/mol. The van der Waals surface area contributed by atoms with E-state index >= 15 is 0 Å². The molecule has 7 heteroatoms. The van der Waals surface area contributed by atoms with E-state index in [1.165, 1.54) is 0 Å².